The topological polar surface area (TPSA) is 127 Å². The molecule has 1 amide bonds. The lowest BCUT2D eigenvalue weighted by atomic mass is 9.96. The summed E-state index contributed by atoms with van der Waals surface area (Å²) in [7, 11) is -8.02. The van der Waals surface area contributed by atoms with Crippen molar-refractivity contribution in [2.45, 2.75) is 80.4 Å². The molecule has 1 aromatic carbocycles. The molecule has 2 fully saturated rings. The normalized spacial score (nSPS) is 23.7. The van der Waals surface area contributed by atoms with Crippen LogP contribution in [0.15, 0.2) is 34.1 Å². The maximum atomic E-state index is 13.5. The van der Waals surface area contributed by atoms with Gasteiger partial charge in [-0.3, -0.25) is 0 Å². The van der Waals surface area contributed by atoms with E-state index < -0.39 is 37.8 Å². The molecule has 0 unspecified atom stereocenters. The highest BCUT2D eigenvalue weighted by atomic mass is 32.2. The highest BCUT2D eigenvalue weighted by molar-refractivity contribution is 7.90. The molecule has 1 aromatic rings. The summed E-state index contributed by atoms with van der Waals surface area (Å²) in [5.74, 6) is 0. The highest BCUT2D eigenvalue weighted by Crippen LogP contribution is 2.34. The summed E-state index contributed by atoms with van der Waals surface area (Å²) in [4.78, 5) is 14.0. The van der Waals surface area contributed by atoms with Crippen LogP contribution in [0.25, 0.3) is 0 Å². The Balaban J connectivity index is 1.92. The number of nitrogens with zero attached hydrogens (tertiary/aromatic N) is 2. The first-order valence-electron chi connectivity index (χ1n) is 10.4. The summed E-state index contributed by atoms with van der Waals surface area (Å²) >= 11 is 0. The van der Waals surface area contributed by atoms with Gasteiger partial charge < -0.3 is 9.64 Å². The zero-order valence-electron chi connectivity index (χ0n) is 18.2. The van der Waals surface area contributed by atoms with Gasteiger partial charge in [-0.25, -0.2) is 26.8 Å². The summed E-state index contributed by atoms with van der Waals surface area (Å²) in [6, 6.07) is 4.42. The maximum absolute atomic E-state index is 13.5. The van der Waals surface area contributed by atoms with E-state index in [1.165, 1.54) is 22.5 Å². The third kappa shape index (κ3) is 5.39. The average Bonchev–Trinajstić information content (AvgIpc) is 3.16. The number of rotatable bonds is 4. The molecule has 9 nitrogen and oxygen atoms in total. The molecule has 2 aliphatic rings. The molecule has 2 aliphatic heterocycles. The lowest BCUT2D eigenvalue weighted by molar-refractivity contribution is 0.0145. The van der Waals surface area contributed by atoms with Gasteiger partial charge in [0.1, 0.15) is 5.60 Å². The number of sulfonamides is 2. The third-order valence-electron chi connectivity index (χ3n) is 5.61. The van der Waals surface area contributed by atoms with E-state index in [0.717, 1.165) is 18.9 Å². The molecule has 0 aliphatic carbocycles. The van der Waals surface area contributed by atoms with E-state index in [9.17, 15) is 21.6 Å². The van der Waals surface area contributed by atoms with E-state index in [2.05, 4.69) is 0 Å². The molecule has 2 N–H and O–H groups in total. The fourth-order valence-electron chi connectivity index (χ4n) is 4.30. The van der Waals surface area contributed by atoms with Gasteiger partial charge in [-0.1, -0.05) is 12.5 Å². The van der Waals surface area contributed by atoms with E-state index in [0.29, 0.717) is 32.4 Å². The van der Waals surface area contributed by atoms with Crippen molar-refractivity contribution in [3.8, 4) is 0 Å². The first kappa shape index (κ1) is 24.0. The number of carbonyl (C=O) groups excluding carboxylic acids is 1. The second-order valence-electron chi connectivity index (χ2n) is 9.08. The lowest BCUT2D eigenvalue weighted by Gasteiger charge is -2.41. The van der Waals surface area contributed by atoms with Crippen LogP contribution >= 0.6 is 0 Å². The second kappa shape index (κ2) is 8.68. The predicted octanol–water partition coefficient (Wildman–Crippen LogP) is 2.28. The van der Waals surface area contributed by atoms with Crippen molar-refractivity contribution in [1.29, 1.82) is 0 Å². The fraction of sp³-hybridized carbons (Fsp3) is 0.650. The Morgan fingerprint density at radius 3 is 2.29 bits per heavy atom. The Bertz CT molecular complexity index is 1030. The minimum absolute atomic E-state index is 0.118. The van der Waals surface area contributed by atoms with Crippen LogP contribution in [0.2, 0.25) is 0 Å². The number of carbonyl (C=O) groups is 1. The number of nitrogens with two attached hydrogens (primary N) is 1. The number of hydrogen-bond acceptors (Lipinski definition) is 6. The molecule has 0 saturated carbocycles. The van der Waals surface area contributed by atoms with E-state index in [1.54, 1.807) is 25.7 Å². The monoisotopic (exact) mass is 473 g/mol. The van der Waals surface area contributed by atoms with Crippen molar-refractivity contribution < 1.29 is 26.4 Å². The molecule has 3 rings (SSSR count). The molecule has 0 bridgehead atoms. The second-order valence-corrected chi connectivity index (χ2v) is 12.5. The first-order chi connectivity index (χ1) is 14.3. The van der Waals surface area contributed by atoms with Crippen LogP contribution in [0, 0.1) is 0 Å². The van der Waals surface area contributed by atoms with Gasteiger partial charge in [0.15, 0.2) is 0 Å². The van der Waals surface area contributed by atoms with E-state index >= 15 is 0 Å². The van der Waals surface area contributed by atoms with Crippen LogP contribution in [0.1, 0.15) is 52.9 Å². The molecule has 2 atom stereocenters. The number of likely N-dealkylation sites (tertiary alicyclic amines) is 1. The van der Waals surface area contributed by atoms with Gasteiger partial charge in [-0.2, -0.15) is 4.31 Å². The van der Waals surface area contributed by atoms with Gasteiger partial charge in [-0.05, 0) is 64.7 Å². The summed E-state index contributed by atoms with van der Waals surface area (Å²) < 4.78 is 57.4. The van der Waals surface area contributed by atoms with Crippen LogP contribution in [0.3, 0.4) is 0 Å². The van der Waals surface area contributed by atoms with E-state index in [-0.39, 0.29) is 15.8 Å². The van der Waals surface area contributed by atoms with E-state index in [1.807, 2.05) is 0 Å². The fourth-order valence-corrected chi connectivity index (χ4v) is 6.70. The number of benzene rings is 1. The van der Waals surface area contributed by atoms with E-state index in [4.69, 9.17) is 9.88 Å². The van der Waals surface area contributed by atoms with Crippen molar-refractivity contribution in [3.05, 3.63) is 24.3 Å². The molecular formula is C20H31N3O6S2. The van der Waals surface area contributed by atoms with Crippen LogP contribution in [0.5, 0.6) is 0 Å². The predicted molar refractivity (Wildman–Crippen MR) is 115 cm³/mol. The van der Waals surface area contributed by atoms with Crippen LogP contribution in [-0.4, -0.2) is 62.9 Å². The Labute approximate surface area is 184 Å². The van der Waals surface area contributed by atoms with Gasteiger partial charge in [0.05, 0.1) is 15.8 Å². The molecule has 0 aromatic heterocycles. The summed E-state index contributed by atoms with van der Waals surface area (Å²) in [6.07, 6.45) is 3.20. The maximum Gasteiger partial charge on any atom is 0.410 e. The van der Waals surface area contributed by atoms with Crippen LogP contribution < -0.4 is 5.14 Å². The van der Waals surface area contributed by atoms with Crippen LogP contribution in [0.4, 0.5) is 4.79 Å². The molecule has 31 heavy (non-hydrogen) atoms. The molecule has 2 saturated heterocycles. The van der Waals surface area contributed by atoms with Crippen molar-refractivity contribution in [3.63, 3.8) is 0 Å². The van der Waals surface area contributed by atoms with Crippen molar-refractivity contribution in [2.24, 2.45) is 5.14 Å². The summed E-state index contributed by atoms with van der Waals surface area (Å²) in [5.41, 5.74) is -0.642. The van der Waals surface area contributed by atoms with Crippen molar-refractivity contribution in [2.75, 3.05) is 13.1 Å². The summed E-state index contributed by atoms with van der Waals surface area (Å²) in [6.45, 7) is 6.22. The third-order valence-corrected chi connectivity index (χ3v) is 8.44. The van der Waals surface area contributed by atoms with Gasteiger partial charge in [0.2, 0.25) is 20.0 Å². The Kier molecular flexibility index (Phi) is 6.71. The van der Waals surface area contributed by atoms with Gasteiger partial charge in [0, 0.05) is 19.1 Å². The van der Waals surface area contributed by atoms with Gasteiger partial charge in [0.25, 0.3) is 0 Å². The quantitative estimate of drug-likeness (QED) is 0.715. The Morgan fingerprint density at radius 1 is 1.00 bits per heavy atom. The molecule has 0 spiro atoms. The first-order valence-corrected chi connectivity index (χ1v) is 13.4. The SMILES string of the molecule is CC(C)(C)OC(=O)N1CCC[C@@H]1[C@@H]1CCCCN1S(=O)(=O)c1cccc(S(N)(=O)=O)c1. The van der Waals surface area contributed by atoms with Gasteiger partial charge >= 0.3 is 6.09 Å². The number of amides is 1. The lowest BCUT2D eigenvalue weighted by Crippen LogP contribution is -2.55. The average molecular weight is 474 g/mol. The minimum atomic E-state index is -4.04. The smallest absolute Gasteiger partial charge is 0.410 e. The number of ether oxygens (including phenoxy) is 1. The Morgan fingerprint density at radius 2 is 1.65 bits per heavy atom. The Hall–Kier alpha value is -1.69. The number of hydrogen-bond donors (Lipinski definition) is 1. The standard InChI is InChI=1S/C20H31N3O6S2/c1-20(2,3)29-19(24)22-12-7-11-17(22)18-10-4-5-13-23(18)31(27,28)16-9-6-8-15(14-16)30(21,25)26/h6,8-9,14,17-18H,4-5,7,10-13H2,1-3H3,(H2,21,25,26)/t17-,18+/m1/s1. The highest BCUT2D eigenvalue weighted by Gasteiger charge is 2.44. The zero-order chi connectivity index (χ0) is 23.0. The van der Waals surface area contributed by atoms with Crippen LogP contribution in [-0.2, 0) is 24.8 Å². The largest absolute Gasteiger partial charge is 0.444 e. The van der Waals surface area contributed by atoms with Crippen molar-refractivity contribution in [1.82, 2.24) is 9.21 Å². The number of primary sulfonamides is 1. The number of piperidine rings is 1. The molecule has 0 radical (unpaired) electrons. The molecular weight excluding hydrogens is 442 g/mol. The molecule has 11 heteroatoms. The molecule has 174 valence electrons. The van der Waals surface area contributed by atoms with Gasteiger partial charge in [-0.15, -0.1) is 0 Å². The zero-order valence-corrected chi connectivity index (χ0v) is 19.8. The minimum Gasteiger partial charge on any atom is -0.444 e. The summed E-state index contributed by atoms with van der Waals surface area (Å²) in [5, 5.41) is 5.18. The molecule has 2 heterocycles. The van der Waals surface area contributed by atoms with Crippen molar-refractivity contribution >= 4 is 26.1 Å².